The zero-order valence-corrected chi connectivity index (χ0v) is 18.9. The van der Waals surface area contributed by atoms with E-state index in [2.05, 4.69) is 15.3 Å². The third kappa shape index (κ3) is 8.03. The summed E-state index contributed by atoms with van der Waals surface area (Å²) in [6, 6.07) is 0.781. The lowest BCUT2D eigenvalue weighted by atomic mass is 9.95. The highest BCUT2D eigenvalue weighted by Crippen LogP contribution is 2.33. The van der Waals surface area contributed by atoms with Crippen molar-refractivity contribution in [1.29, 1.82) is 0 Å². The summed E-state index contributed by atoms with van der Waals surface area (Å²) >= 11 is 5.81. The number of piperidine rings is 1. The number of amides is 1. The van der Waals surface area contributed by atoms with Crippen LogP contribution in [0.3, 0.4) is 0 Å². The van der Waals surface area contributed by atoms with Crippen molar-refractivity contribution in [3.8, 4) is 5.88 Å². The van der Waals surface area contributed by atoms with Gasteiger partial charge < -0.3 is 20.7 Å². The Hall–Kier alpha value is -1.50. The molecule has 1 aliphatic rings. The first kappa shape index (κ1) is 25.5. The number of nitrogens with one attached hydrogen (secondary N) is 1. The number of aliphatic imine (C=N–C) groups is 1. The Kier molecular flexibility index (Phi) is 10.2. The van der Waals surface area contributed by atoms with Crippen LogP contribution in [0.4, 0.5) is 13.2 Å². The van der Waals surface area contributed by atoms with E-state index in [1.165, 1.54) is 0 Å². The minimum Gasteiger partial charge on any atom is -0.475 e. The standard InChI is InChI=1S/C17H23ClF3N5O2.HI/c1-23-16(26-5-2-3-11(10-26)7-14(22)27)24-4-6-28-15-13(18)8-12(9-25-15)17(19,20)21;/h8-9,11H,2-7,10H2,1H3,(H2,22,27)(H,23,24);1H. The lowest BCUT2D eigenvalue weighted by Crippen LogP contribution is -2.48. The number of hydrogen-bond acceptors (Lipinski definition) is 4. The molecule has 0 saturated carbocycles. The number of carbonyl (C=O) groups excluding carboxylic acids is 1. The summed E-state index contributed by atoms with van der Waals surface area (Å²) in [5.41, 5.74) is 4.35. The first-order valence-corrected chi connectivity index (χ1v) is 9.18. The summed E-state index contributed by atoms with van der Waals surface area (Å²) in [5, 5.41) is 2.92. The molecular formula is C17H24ClF3IN5O2. The molecule has 2 rings (SSSR count). The number of nitrogens with two attached hydrogens (primary N) is 1. The molecule has 2 heterocycles. The van der Waals surface area contributed by atoms with E-state index >= 15 is 0 Å². The molecule has 7 nitrogen and oxygen atoms in total. The number of aromatic nitrogens is 1. The molecule has 1 unspecified atom stereocenters. The van der Waals surface area contributed by atoms with E-state index in [0.29, 0.717) is 31.7 Å². The maximum atomic E-state index is 12.6. The number of rotatable bonds is 6. The van der Waals surface area contributed by atoms with Gasteiger partial charge in [0, 0.05) is 32.8 Å². The number of ether oxygens (including phenoxy) is 1. The van der Waals surface area contributed by atoms with Gasteiger partial charge >= 0.3 is 6.18 Å². The second-order valence-corrected chi connectivity index (χ2v) is 6.86. The van der Waals surface area contributed by atoms with Crippen molar-refractivity contribution in [3.63, 3.8) is 0 Å². The zero-order valence-electron chi connectivity index (χ0n) is 15.8. The Morgan fingerprint density at radius 2 is 2.24 bits per heavy atom. The normalized spacial score (nSPS) is 17.5. The highest BCUT2D eigenvalue weighted by molar-refractivity contribution is 14.0. The van der Waals surface area contributed by atoms with Crippen LogP contribution in [0.1, 0.15) is 24.8 Å². The van der Waals surface area contributed by atoms with Gasteiger partial charge in [0.1, 0.15) is 11.6 Å². The molecule has 1 fully saturated rings. The number of guanidine groups is 1. The second kappa shape index (κ2) is 11.6. The van der Waals surface area contributed by atoms with E-state index in [1.54, 1.807) is 7.05 Å². The molecule has 0 spiro atoms. The molecule has 12 heteroatoms. The number of carbonyl (C=O) groups is 1. The third-order valence-corrected chi connectivity index (χ3v) is 4.55. The molecule has 1 saturated heterocycles. The summed E-state index contributed by atoms with van der Waals surface area (Å²) in [4.78, 5) is 21.0. The maximum Gasteiger partial charge on any atom is 0.417 e. The Labute approximate surface area is 189 Å². The fourth-order valence-corrected chi connectivity index (χ4v) is 3.26. The average Bonchev–Trinajstić information content (AvgIpc) is 2.61. The molecule has 1 amide bonds. The minimum atomic E-state index is -4.51. The lowest BCUT2D eigenvalue weighted by molar-refractivity contribution is -0.137. The van der Waals surface area contributed by atoms with Gasteiger partial charge in [-0.15, -0.1) is 24.0 Å². The monoisotopic (exact) mass is 549 g/mol. The molecule has 1 aromatic heterocycles. The molecule has 3 N–H and O–H groups in total. The summed E-state index contributed by atoms with van der Waals surface area (Å²) in [6.07, 6.45) is -1.61. The number of hydrogen-bond donors (Lipinski definition) is 2. The minimum absolute atomic E-state index is 0. The first-order valence-electron chi connectivity index (χ1n) is 8.80. The average molecular weight is 550 g/mol. The van der Waals surface area contributed by atoms with E-state index in [1.807, 2.05) is 4.90 Å². The Morgan fingerprint density at radius 3 is 2.83 bits per heavy atom. The molecule has 0 radical (unpaired) electrons. The van der Waals surface area contributed by atoms with Crippen molar-refractivity contribution < 1.29 is 22.7 Å². The van der Waals surface area contributed by atoms with E-state index in [4.69, 9.17) is 22.1 Å². The molecule has 0 bridgehead atoms. The van der Waals surface area contributed by atoms with Crippen LogP contribution in [-0.2, 0) is 11.0 Å². The predicted octanol–water partition coefficient (Wildman–Crippen LogP) is 2.91. The van der Waals surface area contributed by atoms with Crippen molar-refractivity contribution in [2.75, 3.05) is 33.3 Å². The number of alkyl halides is 3. The fourth-order valence-electron chi connectivity index (χ4n) is 3.04. The summed E-state index contributed by atoms with van der Waals surface area (Å²) < 4.78 is 43.2. The van der Waals surface area contributed by atoms with Crippen LogP contribution >= 0.6 is 35.6 Å². The van der Waals surface area contributed by atoms with Gasteiger partial charge in [0.05, 0.1) is 12.1 Å². The summed E-state index contributed by atoms with van der Waals surface area (Å²) in [7, 11) is 1.65. The lowest BCUT2D eigenvalue weighted by Gasteiger charge is -2.34. The van der Waals surface area contributed by atoms with E-state index in [-0.39, 0.29) is 53.3 Å². The van der Waals surface area contributed by atoms with E-state index < -0.39 is 11.7 Å². The van der Waals surface area contributed by atoms with Crippen molar-refractivity contribution >= 4 is 47.4 Å². The highest BCUT2D eigenvalue weighted by Gasteiger charge is 2.31. The molecular weight excluding hydrogens is 526 g/mol. The van der Waals surface area contributed by atoms with E-state index in [0.717, 1.165) is 25.5 Å². The van der Waals surface area contributed by atoms with Crippen molar-refractivity contribution in [3.05, 3.63) is 22.8 Å². The van der Waals surface area contributed by atoms with Crippen molar-refractivity contribution in [2.24, 2.45) is 16.6 Å². The van der Waals surface area contributed by atoms with Crippen LogP contribution in [0.2, 0.25) is 5.02 Å². The molecule has 29 heavy (non-hydrogen) atoms. The molecule has 164 valence electrons. The van der Waals surface area contributed by atoms with Gasteiger partial charge in [-0.3, -0.25) is 9.79 Å². The SMILES string of the molecule is CN=C(NCCOc1ncc(C(F)(F)F)cc1Cl)N1CCCC(CC(N)=O)C1.I. The largest absolute Gasteiger partial charge is 0.475 e. The van der Waals surface area contributed by atoms with E-state index in [9.17, 15) is 18.0 Å². The molecule has 0 aromatic carbocycles. The van der Waals surface area contributed by atoms with Gasteiger partial charge in [-0.1, -0.05) is 11.6 Å². The van der Waals surface area contributed by atoms with Gasteiger partial charge in [0.15, 0.2) is 5.96 Å². The molecule has 1 atom stereocenters. The van der Waals surface area contributed by atoms with Crippen LogP contribution in [0.25, 0.3) is 0 Å². The smallest absolute Gasteiger partial charge is 0.417 e. The number of primary amides is 1. The van der Waals surface area contributed by atoms with Crippen LogP contribution in [0.15, 0.2) is 17.3 Å². The van der Waals surface area contributed by atoms with Crippen LogP contribution in [-0.4, -0.2) is 55.0 Å². The van der Waals surface area contributed by atoms with Gasteiger partial charge in [0.2, 0.25) is 11.8 Å². The highest BCUT2D eigenvalue weighted by atomic mass is 127. The van der Waals surface area contributed by atoms with Crippen LogP contribution in [0.5, 0.6) is 5.88 Å². The van der Waals surface area contributed by atoms with Gasteiger partial charge in [0.25, 0.3) is 0 Å². The molecule has 0 aliphatic carbocycles. The van der Waals surface area contributed by atoms with Crippen LogP contribution in [0, 0.1) is 5.92 Å². The van der Waals surface area contributed by atoms with Gasteiger partial charge in [-0.25, -0.2) is 4.98 Å². The Bertz CT molecular complexity index is 721. The summed E-state index contributed by atoms with van der Waals surface area (Å²) in [6.45, 7) is 1.97. The Morgan fingerprint density at radius 1 is 1.52 bits per heavy atom. The van der Waals surface area contributed by atoms with Gasteiger partial charge in [-0.2, -0.15) is 13.2 Å². The maximum absolute atomic E-state index is 12.6. The number of nitrogens with zero attached hydrogens (tertiary/aromatic N) is 3. The Balaban J connectivity index is 0.00000420. The molecule has 1 aromatic rings. The second-order valence-electron chi connectivity index (χ2n) is 6.46. The van der Waals surface area contributed by atoms with Crippen molar-refractivity contribution in [2.45, 2.75) is 25.4 Å². The summed E-state index contributed by atoms with van der Waals surface area (Å²) in [5.74, 6) is 0.468. The number of pyridine rings is 1. The number of likely N-dealkylation sites (tertiary alicyclic amines) is 1. The topological polar surface area (TPSA) is 92.8 Å². The predicted molar refractivity (Wildman–Crippen MR) is 115 cm³/mol. The zero-order chi connectivity index (χ0) is 20.7. The quantitative estimate of drug-likeness (QED) is 0.246. The third-order valence-electron chi connectivity index (χ3n) is 4.28. The molecule has 1 aliphatic heterocycles. The fraction of sp³-hybridized carbons (Fsp3) is 0.588. The number of halogens is 5. The van der Waals surface area contributed by atoms with Gasteiger partial charge in [-0.05, 0) is 24.8 Å². The first-order chi connectivity index (χ1) is 13.2. The van der Waals surface area contributed by atoms with Crippen molar-refractivity contribution in [1.82, 2.24) is 15.2 Å². The van der Waals surface area contributed by atoms with Crippen LogP contribution < -0.4 is 15.8 Å².